The third-order valence-corrected chi connectivity index (χ3v) is 3.10. The Morgan fingerprint density at radius 2 is 1.79 bits per heavy atom. The van der Waals surface area contributed by atoms with Crippen molar-refractivity contribution in [1.29, 1.82) is 0 Å². The molecule has 0 atom stereocenters. The zero-order valence-electron chi connectivity index (χ0n) is 8.79. The van der Waals surface area contributed by atoms with Gasteiger partial charge in [0.2, 0.25) is 0 Å². The van der Waals surface area contributed by atoms with Gasteiger partial charge in [-0.25, -0.2) is 0 Å². The zero-order valence-corrected chi connectivity index (χ0v) is 8.79. The van der Waals surface area contributed by atoms with Gasteiger partial charge in [-0.2, -0.15) is 0 Å². The first-order valence-corrected chi connectivity index (χ1v) is 5.57. The monoisotopic (exact) mass is 188 g/mol. The average Bonchev–Trinajstić information content (AvgIpc) is 2.23. The largest absolute Gasteiger partial charge is 0.382 e. The number of benzene rings is 1. The first-order valence-electron chi connectivity index (χ1n) is 5.57. The molecule has 0 aliphatic heterocycles. The fourth-order valence-corrected chi connectivity index (χ4v) is 2.12. The van der Waals surface area contributed by atoms with Crippen molar-refractivity contribution >= 4 is 5.69 Å². The highest BCUT2D eigenvalue weighted by Gasteiger charge is 2.17. The van der Waals surface area contributed by atoms with E-state index in [1.807, 2.05) is 12.1 Å². The molecule has 1 aromatic rings. The van der Waals surface area contributed by atoms with Crippen molar-refractivity contribution in [1.82, 2.24) is 0 Å². The molecule has 75 valence electrons. The van der Waals surface area contributed by atoms with E-state index in [1.165, 1.54) is 31.4 Å². The molecule has 0 bridgehead atoms. The molecular formula is C13H18N. The third-order valence-electron chi connectivity index (χ3n) is 3.10. The van der Waals surface area contributed by atoms with Crippen LogP contribution in [0.2, 0.25) is 0 Å². The van der Waals surface area contributed by atoms with Gasteiger partial charge in [-0.05, 0) is 49.8 Å². The first-order chi connectivity index (χ1) is 6.84. The van der Waals surface area contributed by atoms with E-state index in [4.69, 9.17) is 0 Å². The molecule has 1 aromatic carbocycles. The Kier molecular flexibility index (Phi) is 3.07. The highest BCUT2D eigenvalue weighted by molar-refractivity contribution is 5.43. The molecule has 1 saturated carbocycles. The second-order valence-corrected chi connectivity index (χ2v) is 4.39. The number of rotatable bonds is 2. The van der Waals surface area contributed by atoms with E-state index in [2.05, 4.69) is 30.4 Å². The summed E-state index contributed by atoms with van der Waals surface area (Å²) in [6, 6.07) is 11.8. The molecule has 1 heteroatoms. The summed E-state index contributed by atoms with van der Waals surface area (Å²) in [5.41, 5.74) is 1.24. The quantitative estimate of drug-likeness (QED) is 0.749. The summed E-state index contributed by atoms with van der Waals surface area (Å²) in [4.78, 5) is 0. The predicted molar refractivity (Wildman–Crippen MR) is 60.3 cm³/mol. The van der Waals surface area contributed by atoms with Crippen molar-refractivity contribution in [3.05, 3.63) is 30.3 Å². The molecule has 1 radical (unpaired) electrons. The van der Waals surface area contributed by atoms with Crippen LogP contribution in [0, 0.1) is 12.0 Å². The van der Waals surface area contributed by atoms with E-state index in [9.17, 15) is 0 Å². The van der Waals surface area contributed by atoms with Crippen LogP contribution in [0.15, 0.2) is 24.3 Å². The van der Waals surface area contributed by atoms with E-state index in [-0.39, 0.29) is 0 Å². The maximum absolute atomic E-state index is 3.58. The lowest BCUT2D eigenvalue weighted by Crippen LogP contribution is -2.25. The van der Waals surface area contributed by atoms with Gasteiger partial charge in [-0.15, -0.1) is 0 Å². The maximum Gasteiger partial charge on any atom is 0.0342 e. The summed E-state index contributed by atoms with van der Waals surface area (Å²) >= 11 is 0. The lowest BCUT2D eigenvalue weighted by Gasteiger charge is -2.27. The SMILES string of the molecule is CC1CCC(Nc2cc[c]cc2)CC1. The average molecular weight is 188 g/mol. The van der Waals surface area contributed by atoms with Gasteiger partial charge >= 0.3 is 0 Å². The summed E-state index contributed by atoms with van der Waals surface area (Å²) in [7, 11) is 0. The molecule has 0 heterocycles. The zero-order chi connectivity index (χ0) is 9.80. The maximum atomic E-state index is 3.58. The molecule has 0 saturated heterocycles. The predicted octanol–water partition coefficient (Wildman–Crippen LogP) is 3.48. The van der Waals surface area contributed by atoms with E-state index < -0.39 is 0 Å². The van der Waals surface area contributed by atoms with Gasteiger partial charge in [0.25, 0.3) is 0 Å². The lowest BCUT2D eigenvalue weighted by molar-refractivity contribution is 0.361. The number of hydrogen-bond donors (Lipinski definition) is 1. The van der Waals surface area contributed by atoms with Crippen molar-refractivity contribution in [3.8, 4) is 0 Å². The summed E-state index contributed by atoms with van der Waals surface area (Å²) in [6.07, 6.45) is 5.38. The smallest absolute Gasteiger partial charge is 0.0342 e. The third kappa shape index (κ3) is 2.50. The van der Waals surface area contributed by atoms with Gasteiger partial charge in [0, 0.05) is 11.7 Å². The minimum atomic E-state index is 0.689. The van der Waals surface area contributed by atoms with Crippen molar-refractivity contribution in [2.75, 3.05) is 5.32 Å². The van der Waals surface area contributed by atoms with Crippen LogP contribution in [-0.4, -0.2) is 6.04 Å². The van der Waals surface area contributed by atoms with Crippen molar-refractivity contribution in [2.45, 2.75) is 38.6 Å². The van der Waals surface area contributed by atoms with E-state index in [1.54, 1.807) is 0 Å². The second kappa shape index (κ2) is 4.50. The van der Waals surface area contributed by atoms with E-state index in [0.29, 0.717) is 6.04 Å². The van der Waals surface area contributed by atoms with Crippen molar-refractivity contribution < 1.29 is 0 Å². The molecule has 1 aliphatic rings. The Morgan fingerprint density at radius 1 is 1.14 bits per heavy atom. The minimum absolute atomic E-state index is 0.689. The van der Waals surface area contributed by atoms with Gasteiger partial charge in [-0.1, -0.05) is 19.1 Å². The van der Waals surface area contributed by atoms with Gasteiger partial charge < -0.3 is 5.32 Å². The van der Waals surface area contributed by atoms with Crippen LogP contribution in [0.5, 0.6) is 0 Å². The number of anilines is 1. The summed E-state index contributed by atoms with van der Waals surface area (Å²) in [5.74, 6) is 0.928. The molecule has 2 rings (SSSR count). The highest BCUT2D eigenvalue weighted by Crippen LogP contribution is 2.25. The molecule has 14 heavy (non-hydrogen) atoms. The Balaban J connectivity index is 1.87. The first kappa shape index (κ1) is 9.57. The molecule has 1 nitrogen and oxygen atoms in total. The standard InChI is InChI=1S/C13H18N/c1-11-7-9-13(10-8-11)14-12-5-3-2-4-6-12/h3-6,11,13-14H,7-10H2,1H3. The molecular weight excluding hydrogens is 170 g/mol. The van der Waals surface area contributed by atoms with Crippen LogP contribution >= 0.6 is 0 Å². The lowest BCUT2D eigenvalue weighted by atomic mass is 9.87. The fourth-order valence-electron chi connectivity index (χ4n) is 2.12. The molecule has 0 amide bonds. The Bertz CT molecular complexity index is 260. The molecule has 1 aliphatic carbocycles. The number of nitrogens with one attached hydrogen (secondary N) is 1. The summed E-state index contributed by atoms with van der Waals surface area (Å²) in [6.45, 7) is 2.35. The van der Waals surface area contributed by atoms with Gasteiger partial charge in [0.1, 0.15) is 0 Å². The molecule has 0 aromatic heterocycles. The van der Waals surface area contributed by atoms with Gasteiger partial charge in [-0.3, -0.25) is 0 Å². The minimum Gasteiger partial charge on any atom is -0.382 e. The van der Waals surface area contributed by atoms with Crippen LogP contribution in [0.1, 0.15) is 32.6 Å². The summed E-state index contributed by atoms with van der Waals surface area (Å²) in [5, 5.41) is 3.58. The van der Waals surface area contributed by atoms with Crippen LogP contribution in [0.4, 0.5) is 5.69 Å². The van der Waals surface area contributed by atoms with Crippen LogP contribution < -0.4 is 5.32 Å². The van der Waals surface area contributed by atoms with Gasteiger partial charge in [0.05, 0.1) is 0 Å². The molecule has 1 N–H and O–H groups in total. The summed E-state index contributed by atoms with van der Waals surface area (Å²) < 4.78 is 0. The normalized spacial score (nSPS) is 27.2. The van der Waals surface area contributed by atoms with Crippen molar-refractivity contribution in [2.24, 2.45) is 5.92 Å². The molecule has 0 spiro atoms. The Labute approximate surface area is 86.5 Å². The molecule has 0 unspecified atom stereocenters. The fraction of sp³-hybridized carbons (Fsp3) is 0.538. The van der Waals surface area contributed by atoms with Crippen LogP contribution in [-0.2, 0) is 0 Å². The Hall–Kier alpha value is -0.980. The van der Waals surface area contributed by atoms with Crippen LogP contribution in [0.3, 0.4) is 0 Å². The van der Waals surface area contributed by atoms with Crippen LogP contribution in [0.25, 0.3) is 0 Å². The number of hydrogen-bond acceptors (Lipinski definition) is 1. The van der Waals surface area contributed by atoms with E-state index in [0.717, 1.165) is 5.92 Å². The van der Waals surface area contributed by atoms with Gasteiger partial charge in [0.15, 0.2) is 0 Å². The second-order valence-electron chi connectivity index (χ2n) is 4.39. The highest BCUT2D eigenvalue weighted by atomic mass is 14.9. The molecule has 1 fully saturated rings. The van der Waals surface area contributed by atoms with Crippen molar-refractivity contribution in [3.63, 3.8) is 0 Å². The Morgan fingerprint density at radius 3 is 2.43 bits per heavy atom. The van der Waals surface area contributed by atoms with E-state index >= 15 is 0 Å². The topological polar surface area (TPSA) is 12.0 Å².